The zero-order chi connectivity index (χ0) is 11.5. The molecule has 0 heterocycles. The topological polar surface area (TPSA) is 37.4 Å². The van der Waals surface area contributed by atoms with Crippen LogP contribution in [0.5, 0.6) is 0 Å². The van der Waals surface area contributed by atoms with Crippen LogP contribution >= 0.6 is 15.9 Å². The Balaban J connectivity index is 2.82. The summed E-state index contributed by atoms with van der Waals surface area (Å²) in [6, 6.07) is 6.72. The van der Waals surface area contributed by atoms with Gasteiger partial charge in [0.25, 0.3) is 0 Å². The highest BCUT2D eigenvalue weighted by atomic mass is 79.9. The highest BCUT2D eigenvalue weighted by molar-refractivity contribution is 9.10. The van der Waals surface area contributed by atoms with E-state index in [1.807, 2.05) is 19.0 Å². The molecule has 1 aromatic rings. The molecule has 0 N–H and O–H groups in total. The molecular formula is C10H14BrNO2S. The van der Waals surface area contributed by atoms with Gasteiger partial charge in [-0.3, -0.25) is 0 Å². The summed E-state index contributed by atoms with van der Waals surface area (Å²) in [4.78, 5) is 2.24. The van der Waals surface area contributed by atoms with E-state index in [2.05, 4.69) is 15.9 Å². The fraction of sp³-hybridized carbons (Fsp3) is 0.400. The van der Waals surface area contributed by atoms with E-state index in [0.717, 1.165) is 4.47 Å². The van der Waals surface area contributed by atoms with Crippen molar-refractivity contribution in [2.75, 3.05) is 26.4 Å². The summed E-state index contributed by atoms with van der Waals surface area (Å²) in [6.45, 7) is 0.540. The molecule has 0 saturated heterocycles. The molecule has 0 bridgehead atoms. The standard InChI is InChI=1S/C10H14BrNO2S/c1-12(2)7-8-15(13,14)10-5-3-9(11)4-6-10/h3-6H,7-8H2,1-2H3. The van der Waals surface area contributed by atoms with Crippen molar-refractivity contribution in [3.8, 4) is 0 Å². The van der Waals surface area contributed by atoms with Gasteiger partial charge in [0.15, 0.2) is 9.84 Å². The Morgan fingerprint density at radius 1 is 1.20 bits per heavy atom. The summed E-state index contributed by atoms with van der Waals surface area (Å²) in [7, 11) is 0.582. The molecule has 0 unspecified atom stereocenters. The molecule has 0 aliphatic carbocycles. The Kier molecular flexibility index (Phi) is 4.31. The fourth-order valence-electron chi connectivity index (χ4n) is 1.06. The first-order valence-corrected chi connectivity index (χ1v) is 6.99. The number of rotatable bonds is 4. The van der Waals surface area contributed by atoms with Gasteiger partial charge in [-0.2, -0.15) is 0 Å². The normalized spacial score (nSPS) is 12.0. The van der Waals surface area contributed by atoms with Gasteiger partial charge in [-0.15, -0.1) is 0 Å². The number of benzene rings is 1. The minimum Gasteiger partial charge on any atom is -0.308 e. The molecule has 0 amide bonds. The van der Waals surface area contributed by atoms with Crippen molar-refractivity contribution in [2.45, 2.75) is 4.90 Å². The summed E-state index contributed by atoms with van der Waals surface area (Å²) in [5.41, 5.74) is 0. The minimum atomic E-state index is -3.13. The molecule has 3 nitrogen and oxygen atoms in total. The molecule has 1 rings (SSSR count). The third kappa shape index (κ3) is 3.93. The summed E-state index contributed by atoms with van der Waals surface area (Å²) >= 11 is 3.27. The molecule has 84 valence electrons. The van der Waals surface area contributed by atoms with Crippen LogP contribution in [0.3, 0.4) is 0 Å². The predicted octanol–water partition coefficient (Wildman–Crippen LogP) is 1.78. The maximum Gasteiger partial charge on any atom is 0.179 e. The summed E-state index contributed by atoms with van der Waals surface area (Å²) in [6.07, 6.45) is 0. The number of sulfone groups is 1. The second-order valence-corrected chi connectivity index (χ2v) is 6.60. The van der Waals surface area contributed by atoms with E-state index < -0.39 is 9.84 Å². The Labute approximate surface area is 99.1 Å². The molecule has 0 aromatic heterocycles. The first-order valence-electron chi connectivity index (χ1n) is 4.55. The predicted molar refractivity (Wildman–Crippen MR) is 64.7 cm³/mol. The molecule has 15 heavy (non-hydrogen) atoms. The van der Waals surface area contributed by atoms with Crippen LogP contribution in [-0.4, -0.2) is 39.7 Å². The molecule has 0 radical (unpaired) electrons. The summed E-state index contributed by atoms with van der Waals surface area (Å²) < 4.78 is 24.5. The van der Waals surface area contributed by atoms with Crippen molar-refractivity contribution < 1.29 is 8.42 Å². The molecule has 0 fully saturated rings. The Morgan fingerprint density at radius 3 is 2.20 bits per heavy atom. The number of nitrogens with zero attached hydrogens (tertiary/aromatic N) is 1. The van der Waals surface area contributed by atoms with Gasteiger partial charge < -0.3 is 4.90 Å². The van der Waals surface area contributed by atoms with Crippen LogP contribution in [0.2, 0.25) is 0 Å². The van der Waals surface area contributed by atoms with Crippen molar-refractivity contribution >= 4 is 25.8 Å². The highest BCUT2D eigenvalue weighted by Gasteiger charge is 2.13. The number of hydrogen-bond acceptors (Lipinski definition) is 3. The van der Waals surface area contributed by atoms with E-state index in [-0.39, 0.29) is 5.75 Å². The Bertz CT molecular complexity index is 412. The third-order valence-corrected chi connectivity index (χ3v) is 4.22. The third-order valence-electron chi connectivity index (χ3n) is 1.98. The van der Waals surface area contributed by atoms with Crippen LogP contribution in [0.4, 0.5) is 0 Å². The lowest BCUT2D eigenvalue weighted by atomic mass is 10.4. The van der Waals surface area contributed by atoms with E-state index in [0.29, 0.717) is 11.4 Å². The van der Waals surface area contributed by atoms with Gasteiger partial charge in [-0.05, 0) is 38.4 Å². The monoisotopic (exact) mass is 291 g/mol. The van der Waals surface area contributed by atoms with Gasteiger partial charge in [-0.1, -0.05) is 15.9 Å². The molecule has 0 spiro atoms. The van der Waals surface area contributed by atoms with Gasteiger partial charge in [0.05, 0.1) is 10.6 Å². The van der Waals surface area contributed by atoms with Crippen LogP contribution in [-0.2, 0) is 9.84 Å². The van der Waals surface area contributed by atoms with Crippen molar-refractivity contribution in [1.29, 1.82) is 0 Å². The van der Waals surface area contributed by atoms with Crippen molar-refractivity contribution in [3.63, 3.8) is 0 Å². The fourth-order valence-corrected chi connectivity index (χ4v) is 2.72. The largest absolute Gasteiger partial charge is 0.308 e. The van der Waals surface area contributed by atoms with Crippen molar-refractivity contribution in [1.82, 2.24) is 4.90 Å². The summed E-state index contributed by atoms with van der Waals surface area (Å²) in [5, 5.41) is 0. The van der Waals surface area contributed by atoms with Gasteiger partial charge in [-0.25, -0.2) is 8.42 Å². The molecule has 1 aromatic carbocycles. The second-order valence-electron chi connectivity index (χ2n) is 3.58. The quantitative estimate of drug-likeness (QED) is 0.849. The SMILES string of the molecule is CN(C)CCS(=O)(=O)c1ccc(Br)cc1. The molecular weight excluding hydrogens is 278 g/mol. The average Bonchev–Trinajstić information content (AvgIpc) is 2.16. The van der Waals surface area contributed by atoms with E-state index in [9.17, 15) is 8.42 Å². The van der Waals surface area contributed by atoms with Gasteiger partial charge in [0.1, 0.15) is 0 Å². The first kappa shape index (κ1) is 12.7. The lowest BCUT2D eigenvalue weighted by Gasteiger charge is -2.09. The minimum absolute atomic E-state index is 0.154. The smallest absolute Gasteiger partial charge is 0.179 e. The van der Waals surface area contributed by atoms with Crippen LogP contribution in [0.15, 0.2) is 33.6 Å². The van der Waals surface area contributed by atoms with Gasteiger partial charge in [0, 0.05) is 11.0 Å². The molecule has 0 aliphatic rings. The molecule has 0 saturated carbocycles. The van der Waals surface area contributed by atoms with Crippen LogP contribution in [0.1, 0.15) is 0 Å². The molecule has 0 aliphatic heterocycles. The van der Waals surface area contributed by atoms with Crippen LogP contribution in [0.25, 0.3) is 0 Å². The first-order chi connectivity index (χ1) is 6.92. The van der Waals surface area contributed by atoms with Crippen molar-refractivity contribution in [2.24, 2.45) is 0 Å². The van der Waals surface area contributed by atoms with E-state index in [4.69, 9.17) is 0 Å². The Morgan fingerprint density at radius 2 is 1.73 bits per heavy atom. The lowest BCUT2D eigenvalue weighted by Crippen LogP contribution is -2.21. The van der Waals surface area contributed by atoms with Crippen molar-refractivity contribution in [3.05, 3.63) is 28.7 Å². The lowest BCUT2D eigenvalue weighted by molar-refractivity contribution is 0.432. The number of hydrogen-bond donors (Lipinski definition) is 0. The molecule has 5 heteroatoms. The van der Waals surface area contributed by atoms with E-state index in [1.165, 1.54) is 0 Å². The Hall–Kier alpha value is -0.390. The number of halogens is 1. The van der Waals surface area contributed by atoms with Crippen LogP contribution < -0.4 is 0 Å². The average molecular weight is 292 g/mol. The maximum atomic E-state index is 11.8. The van der Waals surface area contributed by atoms with Gasteiger partial charge in [0.2, 0.25) is 0 Å². The summed E-state index contributed by atoms with van der Waals surface area (Å²) in [5.74, 6) is 0.154. The maximum absolute atomic E-state index is 11.8. The highest BCUT2D eigenvalue weighted by Crippen LogP contribution is 2.15. The zero-order valence-corrected chi connectivity index (χ0v) is 11.2. The van der Waals surface area contributed by atoms with E-state index >= 15 is 0 Å². The van der Waals surface area contributed by atoms with Crippen LogP contribution in [0, 0.1) is 0 Å². The zero-order valence-electron chi connectivity index (χ0n) is 8.77. The van der Waals surface area contributed by atoms with E-state index in [1.54, 1.807) is 24.3 Å². The van der Waals surface area contributed by atoms with Gasteiger partial charge >= 0.3 is 0 Å². The second kappa shape index (κ2) is 5.09. The molecule has 0 atom stereocenters.